The Labute approximate surface area is 116 Å². The van der Waals surface area contributed by atoms with E-state index in [0.717, 1.165) is 4.88 Å². The van der Waals surface area contributed by atoms with Gasteiger partial charge in [0.05, 0.1) is 13.2 Å². The van der Waals surface area contributed by atoms with E-state index in [-0.39, 0.29) is 18.4 Å². The molecule has 1 aromatic heterocycles. The maximum Gasteiger partial charge on any atom is 0.245 e. The first-order valence-corrected chi connectivity index (χ1v) is 6.73. The highest BCUT2D eigenvalue weighted by Gasteiger charge is 2.21. The van der Waals surface area contributed by atoms with Gasteiger partial charge in [0.15, 0.2) is 0 Å². The summed E-state index contributed by atoms with van der Waals surface area (Å²) < 4.78 is 4.82. The maximum absolute atomic E-state index is 12.0. The number of methoxy groups -OCH3 is 1. The van der Waals surface area contributed by atoms with Crippen molar-refractivity contribution in [3.05, 3.63) is 22.4 Å². The Morgan fingerprint density at radius 2 is 2.32 bits per heavy atom. The average molecular weight is 285 g/mol. The van der Waals surface area contributed by atoms with Crippen LogP contribution in [0.1, 0.15) is 10.9 Å². The normalized spacial score (nSPS) is 11.9. The lowest BCUT2D eigenvalue weighted by Crippen LogP contribution is -2.42. The van der Waals surface area contributed by atoms with Crippen molar-refractivity contribution in [1.82, 2.24) is 10.2 Å². The van der Waals surface area contributed by atoms with Crippen LogP contribution in [-0.4, -0.2) is 50.6 Å². The number of carbonyl (C=O) groups excluding carboxylic acids is 2. The van der Waals surface area contributed by atoms with Gasteiger partial charge in [-0.25, -0.2) is 0 Å². The van der Waals surface area contributed by atoms with Gasteiger partial charge < -0.3 is 20.7 Å². The van der Waals surface area contributed by atoms with E-state index in [2.05, 4.69) is 5.32 Å². The Balaban J connectivity index is 2.42. The van der Waals surface area contributed by atoms with Gasteiger partial charge in [-0.3, -0.25) is 9.59 Å². The molecular weight excluding hydrogens is 266 g/mol. The highest BCUT2D eigenvalue weighted by molar-refractivity contribution is 7.10. The van der Waals surface area contributed by atoms with Gasteiger partial charge >= 0.3 is 0 Å². The molecule has 0 aromatic carbocycles. The summed E-state index contributed by atoms with van der Waals surface area (Å²) in [6.07, 6.45) is 0. The second-order valence-electron chi connectivity index (χ2n) is 4.03. The van der Waals surface area contributed by atoms with Crippen molar-refractivity contribution in [1.29, 1.82) is 0 Å². The lowest BCUT2D eigenvalue weighted by atomic mass is 10.2. The smallest absolute Gasteiger partial charge is 0.245 e. The Morgan fingerprint density at radius 1 is 1.58 bits per heavy atom. The number of nitrogens with zero attached hydrogens (tertiary/aromatic N) is 1. The Morgan fingerprint density at radius 3 is 2.89 bits per heavy atom. The minimum absolute atomic E-state index is 0.0123. The SMILES string of the molecule is COCCNC(=O)CN(C)C(=O)C(N)c1cccs1. The third kappa shape index (κ3) is 4.98. The number of amides is 2. The molecule has 0 fully saturated rings. The fourth-order valence-corrected chi connectivity index (χ4v) is 2.19. The molecule has 0 aliphatic heterocycles. The summed E-state index contributed by atoms with van der Waals surface area (Å²) in [4.78, 5) is 25.7. The van der Waals surface area contributed by atoms with Crippen LogP contribution in [-0.2, 0) is 14.3 Å². The van der Waals surface area contributed by atoms with E-state index in [1.807, 2.05) is 11.4 Å². The van der Waals surface area contributed by atoms with Gasteiger partial charge in [0.2, 0.25) is 11.8 Å². The summed E-state index contributed by atoms with van der Waals surface area (Å²) in [5.41, 5.74) is 5.85. The van der Waals surface area contributed by atoms with Gasteiger partial charge in [0.25, 0.3) is 0 Å². The molecule has 7 heteroatoms. The van der Waals surface area contributed by atoms with Crippen molar-refractivity contribution < 1.29 is 14.3 Å². The fourth-order valence-electron chi connectivity index (χ4n) is 1.47. The topological polar surface area (TPSA) is 84.7 Å². The fraction of sp³-hybridized carbons (Fsp3) is 0.500. The largest absolute Gasteiger partial charge is 0.383 e. The molecule has 1 rings (SSSR count). The third-order valence-corrected chi connectivity index (χ3v) is 3.46. The Hall–Kier alpha value is -1.44. The van der Waals surface area contributed by atoms with Gasteiger partial charge in [-0.2, -0.15) is 0 Å². The quantitative estimate of drug-likeness (QED) is 0.689. The van der Waals surface area contributed by atoms with Crippen molar-refractivity contribution in [2.75, 3.05) is 33.9 Å². The molecular formula is C12H19N3O3S. The van der Waals surface area contributed by atoms with Crippen LogP contribution in [0, 0.1) is 0 Å². The molecule has 1 atom stereocenters. The zero-order valence-electron chi connectivity index (χ0n) is 11.1. The molecule has 1 unspecified atom stereocenters. The van der Waals surface area contributed by atoms with E-state index in [1.54, 1.807) is 20.2 Å². The van der Waals surface area contributed by atoms with Gasteiger partial charge in [-0.15, -0.1) is 11.3 Å². The van der Waals surface area contributed by atoms with Crippen molar-refractivity contribution in [3.63, 3.8) is 0 Å². The van der Waals surface area contributed by atoms with Crippen LogP contribution in [0.4, 0.5) is 0 Å². The summed E-state index contributed by atoms with van der Waals surface area (Å²) in [5.74, 6) is -0.504. The van der Waals surface area contributed by atoms with Crippen LogP contribution in [0.25, 0.3) is 0 Å². The minimum Gasteiger partial charge on any atom is -0.383 e. The molecule has 3 N–H and O–H groups in total. The van der Waals surface area contributed by atoms with E-state index in [4.69, 9.17) is 10.5 Å². The minimum atomic E-state index is -0.711. The molecule has 0 saturated carbocycles. The predicted molar refractivity (Wildman–Crippen MR) is 73.8 cm³/mol. The number of hydrogen-bond donors (Lipinski definition) is 2. The number of ether oxygens (including phenoxy) is 1. The molecule has 2 amide bonds. The van der Waals surface area contributed by atoms with Crippen LogP contribution in [0.3, 0.4) is 0 Å². The van der Waals surface area contributed by atoms with Crippen LogP contribution in [0.15, 0.2) is 17.5 Å². The summed E-state index contributed by atoms with van der Waals surface area (Å²) in [7, 11) is 3.12. The second-order valence-corrected chi connectivity index (χ2v) is 5.01. The van der Waals surface area contributed by atoms with Gasteiger partial charge in [-0.05, 0) is 11.4 Å². The van der Waals surface area contributed by atoms with Gasteiger partial charge in [0.1, 0.15) is 6.04 Å². The standard InChI is InChI=1S/C12H19N3O3S/c1-15(8-10(16)14-5-6-18-2)12(17)11(13)9-4-3-7-19-9/h3-4,7,11H,5-6,8,13H2,1-2H3,(H,14,16). The second kappa shape index (κ2) is 7.88. The summed E-state index contributed by atoms with van der Waals surface area (Å²) in [6, 6.07) is 2.93. The van der Waals surface area contributed by atoms with E-state index < -0.39 is 6.04 Å². The highest BCUT2D eigenvalue weighted by Crippen LogP contribution is 2.18. The zero-order valence-corrected chi connectivity index (χ0v) is 11.9. The van der Waals surface area contributed by atoms with Crippen molar-refractivity contribution in [3.8, 4) is 0 Å². The average Bonchev–Trinajstić information content (AvgIpc) is 2.91. The van der Waals surface area contributed by atoms with E-state index >= 15 is 0 Å². The van der Waals surface area contributed by atoms with Crippen LogP contribution in [0.2, 0.25) is 0 Å². The third-order valence-electron chi connectivity index (χ3n) is 2.50. The van der Waals surface area contributed by atoms with Gasteiger partial charge in [-0.1, -0.05) is 6.07 Å². The summed E-state index contributed by atoms with van der Waals surface area (Å²) in [6.45, 7) is 0.855. The molecule has 0 radical (unpaired) electrons. The Kier molecular flexibility index (Phi) is 6.48. The van der Waals surface area contributed by atoms with Crippen molar-refractivity contribution in [2.24, 2.45) is 5.73 Å². The number of hydrogen-bond acceptors (Lipinski definition) is 5. The monoisotopic (exact) mass is 285 g/mol. The molecule has 106 valence electrons. The van der Waals surface area contributed by atoms with Crippen LogP contribution < -0.4 is 11.1 Å². The molecule has 19 heavy (non-hydrogen) atoms. The first-order valence-electron chi connectivity index (χ1n) is 5.86. The van der Waals surface area contributed by atoms with E-state index in [1.165, 1.54) is 16.2 Å². The summed E-state index contributed by atoms with van der Waals surface area (Å²) in [5, 5.41) is 4.51. The first-order chi connectivity index (χ1) is 9.06. The first kappa shape index (κ1) is 15.6. The zero-order chi connectivity index (χ0) is 14.3. The summed E-state index contributed by atoms with van der Waals surface area (Å²) >= 11 is 1.42. The predicted octanol–water partition coefficient (Wildman–Crippen LogP) is -0.0311. The number of carbonyl (C=O) groups is 2. The van der Waals surface area contributed by atoms with Crippen LogP contribution >= 0.6 is 11.3 Å². The molecule has 1 heterocycles. The molecule has 0 aliphatic carbocycles. The number of thiophene rings is 1. The molecule has 6 nitrogen and oxygen atoms in total. The molecule has 0 spiro atoms. The molecule has 0 saturated heterocycles. The highest BCUT2D eigenvalue weighted by atomic mass is 32.1. The number of nitrogens with one attached hydrogen (secondary N) is 1. The lowest BCUT2D eigenvalue weighted by molar-refractivity contribution is -0.135. The van der Waals surface area contributed by atoms with Crippen LogP contribution in [0.5, 0.6) is 0 Å². The Bertz CT molecular complexity index is 408. The number of rotatable bonds is 7. The molecule has 1 aromatic rings. The van der Waals surface area contributed by atoms with Gasteiger partial charge in [0, 0.05) is 25.6 Å². The molecule has 0 aliphatic rings. The van der Waals surface area contributed by atoms with Crippen molar-refractivity contribution >= 4 is 23.2 Å². The van der Waals surface area contributed by atoms with Crippen molar-refractivity contribution in [2.45, 2.75) is 6.04 Å². The maximum atomic E-state index is 12.0. The van der Waals surface area contributed by atoms with E-state index in [0.29, 0.717) is 13.2 Å². The van der Waals surface area contributed by atoms with E-state index in [9.17, 15) is 9.59 Å². The molecule has 0 bridgehead atoms. The number of likely N-dealkylation sites (N-methyl/N-ethyl adjacent to an activating group) is 1. The lowest BCUT2D eigenvalue weighted by Gasteiger charge is -2.20. The number of nitrogens with two attached hydrogens (primary N) is 1.